The van der Waals surface area contributed by atoms with Crippen molar-refractivity contribution >= 4 is 11.9 Å². The van der Waals surface area contributed by atoms with E-state index in [2.05, 4.69) is 32.6 Å². The third-order valence-electron chi connectivity index (χ3n) is 11.3. The van der Waals surface area contributed by atoms with E-state index >= 15 is 0 Å². The summed E-state index contributed by atoms with van der Waals surface area (Å²) in [7, 11) is 0. The fraction of sp³-hybridized carbons (Fsp3) is 0.957. The molecular weight excluding hydrogens is 675 g/mol. The van der Waals surface area contributed by atoms with Gasteiger partial charge < -0.3 is 24.6 Å². The highest BCUT2D eigenvalue weighted by molar-refractivity contribution is 5.69. The van der Waals surface area contributed by atoms with Gasteiger partial charge in [-0.3, -0.25) is 9.59 Å². The van der Waals surface area contributed by atoms with Gasteiger partial charge in [-0.25, -0.2) is 0 Å². The Hall–Kier alpha value is -1.18. The van der Waals surface area contributed by atoms with Crippen molar-refractivity contribution in [2.24, 2.45) is 11.8 Å². The number of hydrogen-bond acceptors (Lipinski definition) is 7. The fourth-order valence-electron chi connectivity index (χ4n) is 7.71. The number of ether oxygens (including phenoxy) is 2. The number of aliphatic hydroxyl groups is 2. The van der Waals surface area contributed by atoms with Gasteiger partial charge in [0.2, 0.25) is 0 Å². The van der Waals surface area contributed by atoms with Gasteiger partial charge >= 0.3 is 11.9 Å². The maximum absolute atomic E-state index is 12.4. The Kier molecular flexibility index (Phi) is 40.5. The van der Waals surface area contributed by atoms with Crippen LogP contribution in [0.15, 0.2) is 0 Å². The largest absolute Gasteiger partial charge is 0.466 e. The van der Waals surface area contributed by atoms with Crippen LogP contribution in [0.3, 0.4) is 0 Å². The first-order valence-electron chi connectivity index (χ1n) is 23.7. The van der Waals surface area contributed by atoms with Crippen LogP contribution in [0.2, 0.25) is 0 Å². The SMILES string of the molecule is CCCCCCCC(CCCCC)CCOC(=O)CCCCCCN(CCCO)CC(O)CCCCC(=O)OCCC(CCCCC)CCCCCCC. The number of unbranched alkanes of at least 4 members (excludes halogenated alkanes) is 16. The zero-order valence-electron chi connectivity index (χ0n) is 36.6. The molecule has 0 saturated carbocycles. The molecule has 0 spiro atoms. The molecule has 7 heteroatoms. The highest BCUT2D eigenvalue weighted by Gasteiger charge is 2.15. The Morgan fingerprint density at radius 1 is 0.463 bits per heavy atom. The van der Waals surface area contributed by atoms with Crippen molar-refractivity contribution in [3.05, 3.63) is 0 Å². The van der Waals surface area contributed by atoms with Gasteiger partial charge in [-0.15, -0.1) is 0 Å². The standard InChI is InChI=1S/C47H93NO6/c1-5-9-13-15-21-30-43(28-19-11-7-3)35-40-53-46(51)33-23-17-18-26-37-48(38-27-39-49)42-45(50)32-24-25-34-47(52)54-41-36-44(29-20-12-8-4)31-22-16-14-10-6-2/h43-45,49-50H,5-42H2,1-4H3. The Balaban J connectivity index is 4.21. The lowest BCUT2D eigenvalue weighted by molar-refractivity contribution is -0.145. The van der Waals surface area contributed by atoms with E-state index in [1.165, 1.54) is 128 Å². The minimum atomic E-state index is -0.442. The van der Waals surface area contributed by atoms with E-state index < -0.39 is 6.10 Å². The van der Waals surface area contributed by atoms with E-state index in [9.17, 15) is 19.8 Å². The summed E-state index contributed by atoms with van der Waals surface area (Å²) in [5.41, 5.74) is 0. The zero-order chi connectivity index (χ0) is 39.7. The number of nitrogens with zero attached hydrogens (tertiary/aromatic N) is 1. The molecule has 0 fully saturated rings. The molecule has 0 saturated heterocycles. The van der Waals surface area contributed by atoms with Crippen molar-refractivity contribution in [1.29, 1.82) is 0 Å². The molecule has 0 radical (unpaired) electrons. The van der Waals surface area contributed by atoms with Gasteiger partial charge in [-0.05, 0) is 63.3 Å². The molecule has 3 atom stereocenters. The number of hydrogen-bond donors (Lipinski definition) is 2. The number of rotatable bonds is 43. The lowest BCUT2D eigenvalue weighted by atomic mass is 9.92. The summed E-state index contributed by atoms with van der Waals surface area (Å²) in [4.78, 5) is 27.1. The minimum Gasteiger partial charge on any atom is -0.466 e. The van der Waals surface area contributed by atoms with Gasteiger partial charge in [0.15, 0.2) is 0 Å². The first-order chi connectivity index (χ1) is 26.4. The molecule has 0 amide bonds. The summed E-state index contributed by atoms with van der Waals surface area (Å²) < 4.78 is 11.3. The molecule has 0 aliphatic heterocycles. The van der Waals surface area contributed by atoms with Gasteiger partial charge in [0.1, 0.15) is 0 Å². The van der Waals surface area contributed by atoms with Crippen molar-refractivity contribution in [2.75, 3.05) is 39.5 Å². The molecule has 0 heterocycles. The topological polar surface area (TPSA) is 96.3 Å². The van der Waals surface area contributed by atoms with E-state index in [4.69, 9.17) is 9.47 Å². The monoisotopic (exact) mass is 768 g/mol. The van der Waals surface area contributed by atoms with Crippen LogP contribution < -0.4 is 0 Å². The Morgan fingerprint density at radius 3 is 1.31 bits per heavy atom. The smallest absolute Gasteiger partial charge is 0.305 e. The lowest BCUT2D eigenvalue weighted by Gasteiger charge is -2.25. The minimum absolute atomic E-state index is 0.0545. The second-order valence-corrected chi connectivity index (χ2v) is 16.6. The fourth-order valence-corrected chi connectivity index (χ4v) is 7.71. The molecule has 0 aromatic carbocycles. The molecule has 2 N–H and O–H groups in total. The third-order valence-corrected chi connectivity index (χ3v) is 11.3. The van der Waals surface area contributed by atoms with E-state index in [1.54, 1.807) is 0 Å². The molecule has 0 rings (SSSR count). The quantitative estimate of drug-likeness (QED) is 0.0471. The van der Waals surface area contributed by atoms with E-state index in [0.717, 1.165) is 64.5 Å². The second kappa shape index (κ2) is 41.5. The maximum atomic E-state index is 12.4. The normalized spacial score (nSPS) is 13.3. The maximum Gasteiger partial charge on any atom is 0.305 e. The van der Waals surface area contributed by atoms with Crippen LogP contribution in [0.25, 0.3) is 0 Å². The van der Waals surface area contributed by atoms with Crippen LogP contribution in [0.5, 0.6) is 0 Å². The summed E-state index contributed by atoms with van der Waals surface area (Å²) >= 11 is 0. The van der Waals surface area contributed by atoms with Crippen molar-refractivity contribution < 1.29 is 29.3 Å². The van der Waals surface area contributed by atoms with Crippen molar-refractivity contribution in [2.45, 2.75) is 239 Å². The number of esters is 2. The number of aliphatic hydroxyl groups excluding tert-OH is 2. The Bertz CT molecular complexity index is 794. The predicted octanol–water partition coefficient (Wildman–Crippen LogP) is 12.5. The van der Waals surface area contributed by atoms with E-state index in [1.807, 2.05) is 0 Å². The molecule has 0 aliphatic rings. The van der Waals surface area contributed by atoms with Gasteiger partial charge in [0.05, 0.1) is 19.3 Å². The average molecular weight is 768 g/mol. The molecule has 0 bridgehead atoms. The van der Waals surface area contributed by atoms with Crippen LogP contribution in [-0.2, 0) is 19.1 Å². The van der Waals surface area contributed by atoms with Gasteiger partial charge in [0.25, 0.3) is 0 Å². The molecule has 0 aliphatic carbocycles. The Labute approximate surface area is 335 Å². The van der Waals surface area contributed by atoms with Crippen LogP contribution >= 0.6 is 0 Å². The Morgan fingerprint density at radius 2 is 0.833 bits per heavy atom. The van der Waals surface area contributed by atoms with Crippen LogP contribution in [0.4, 0.5) is 0 Å². The molecule has 322 valence electrons. The molecule has 7 nitrogen and oxygen atoms in total. The van der Waals surface area contributed by atoms with Crippen molar-refractivity contribution in [3.63, 3.8) is 0 Å². The summed E-state index contributed by atoms with van der Waals surface area (Å²) in [5, 5.41) is 20.2. The lowest BCUT2D eigenvalue weighted by Crippen LogP contribution is -2.34. The highest BCUT2D eigenvalue weighted by Crippen LogP contribution is 2.23. The number of carbonyl (C=O) groups excluding carboxylic acids is 2. The summed E-state index contributed by atoms with van der Waals surface area (Å²) in [6.45, 7) is 12.5. The van der Waals surface area contributed by atoms with E-state index in [0.29, 0.717) is 57.3 Å². The van der Waals surface area contributed by atoms with Gasteiger partial charge in [-0.2, -0.15) is 0 Å². The third kappa shape index (κ3) is 36.5. The van der Waals surface area contributed by atoms with Crippen molar-refractivity contribution in [3.8, 4) is 0 Å². The second-order valence-electron chi connectivity index (χ2n) is 16.6. The average Bonchev–Trinajstić information content (AvgIpc) is 3.16. The molecule has 0 aromatic rings. The summed E-state index contributed by atoms with van der Waals surface area (Å²) in [5.74, 6) is 1.19. The molecule has 0 aromatic heterocycles. The van der Waals surface area contributed by atoms with Gasteiger partial charge in [0, 0.05) is 32.5 Å². The van der Waals surface area contributed by atoms with E-state index in [-0.39, 0.29) is 18.5 Å². The zero-order valence-corrected chi connectivity index (χ0v) is 36.6. The highest BCUT2D eigenvalue weighted by atomic mass is 16.5. The summed E-state index contributed by atoms with van der Waals surface area (Å²) in [6.07, 6.45) is 35.1. The van der Waals surface area contributed by atoms with Crippen molar-refractivity contribution in [1.82, 2.24) is 4.90 Å². The first-order valence-corrected chi connectivity index (χ1v) is 23.7. The molecule has 54 heavy (non-hydrogen) atoms. The molecule has 3 unspecified atom stereocenters. The van der Waals surface area contributed by atoms with Crippen LogP contribution in [0.1, 0.15) is 233 Å². The predicted molar refractivity (Wildman–Crippen MR) is 229 cm³/mol. The van der Waals surface area contributed by atoms with Crippen LogP contribution in [-0.4, -0.2) is 72.6 Å². The number of carbonyl (C=O) groups is 2. The first kappa shape index (κ1) is 52.8. The summed E-state index contributed by atoms with van der Waals surface area (Å²) in [6, 6.07) is 0. The molecular formula is C47H93NO6. The van der Waals surface area contributed by atoms with Gasteiger partial charge in [-0.1, -0.05) is 175 Å². The van der Waals surface area contributed by atoms with Crippen LogP contribution in [0, 0.1) is 11.8 Å².